The maximum atomic E-state index is 6.25. The van der Waals surface area contributed by atoms with Crippen LogP contribution in [0.1, 0.15) is 59.8 Å². The molecule has 2 bridgehead atoms. The summed E-state index contributed by atoms with van der Waals surface area (Å²) in [5.41, 5.74) is 1.28. The Hall–Kier alpha value is -0.0800. The maximum Gasteiger partial charge on any atom is 0.172 e. The van der Waals surface area contributed by atoms with Gasteiger partial charge in [-0.2, -0.15) is 0 Å². The van der Waals surface area contributed by atoms with Gasteiger partial charge in [0, 0.05) is 12.3 Å². The van der Waals surface area contributed by atoms with Gasteiger partial charge in [0.2, 0.25) is 0 Å². The van der Waals surface area contributed by atoms with E-state index >= 15 is 0 Å². The minimum Gasteiger partial charge on any atom is -0.347 e. The van der Waals surface area contributed by atoms with Crippen molar-refractivity contribution in [2.45, 2.75) is 65.6 Å². The Bertz CT molecular complexity index is 405. The summed E-state index contributed by atoms with van der Waals surface area (Å²) in [4.78, 5) is 0. The fraction of sp³-hybridized carbons (Fsp3) is 1.00. The van der Waals surface area contributed by atoms with E-state index in [0.717, 1.165) is 25.6 Å². The highest BCUT2D eigenvalue weighted by Gasteiger charge is 2.74. The van der Waals surface area contributed by atoms with Gasteiger partial charge in [-0.05, 0) is 47.8 Å². The SMILES string of the molecule is CC1(C)C2CC[C@@]3(C2)C1C1(CCC3(C)C)OCCO1. The highest BCUT2D eigenvalue weighted by molar-refractivity contribution is 5.20. The molecular formula is C17H28O2. The highest BCUT2D eigenvalue weighted by atomic mass is 16.7. The predicted octanol–water partition coefficient (Wildman–Crippen LogP) is 3.99. The Morgan fingerprint density at radius 3 is 2.26 bits per heavy atom. The lowest BCUT2D eigenvalue weighted by Crippen LogP contribution is -2.61. The van der Waals surface area contributed by atoms with Gasteiger partial charge in [0.1, 0.15) is 0 Å². The molecular weight excluding hydrogens is 236 g/mol. The summed E-state index contributed by atoms with van der Waals surface area (Å²) >= 11 is 0. The second kappa shape index (κ2) is 3.39. The molecule has 0 aromatic heterocycles. The minimum atomic E-state index is -0.242. The number of hydrogen-bond donors (Lipinski definition) is 0. The topological polar surface area (TPSA) is 18.5 Å². The van der Waals surface area contributed by atoms with Crippen LogP contribution in [0.15, 0.2) is 0 Å². The molecule has 4 fully saturated rings. The van der Waals surface area contributed by atoms with Crippen molar-refractivity contribution in [2.24, 2.45) is 28.1 Å². The number of hydrogen-bond acceptors (Lipinski definition) is 2. The molecule has 1 aliphatic heterocycles. The van der Waals surface area contributed by atoms with Crippen molar-refractivity contribution in [3.05, 3.63) is 0 Å². The maximum absolute atomic E-state index is 6.25. The van der Waals surface area contributed by atoms with E-state index in [1.807, 2.05) is 0 Å². The van der Waals surface area contributed by atoms with Crippen LogP contribution < -0.4 is 0 Å². The molecule has 2 nitrogen and oxygen atoms in total. The van der Waals surface area contributed by atoms with Gasteiger partial charge in [0.05, 0.1) is 13.2 Å². The zero-order chi connectivity index (χ0) is 13.5. The van der Waals surface area contributed by atoms with E-state index in [2.05, 4.69) is 27.7 Å². The smallest absolute Gasteiger partial charge is 0.172 e. The second-order valence-electron chi connectivity index (χ2n) is 8.74. The third-order valence-electron chi connectivity index (χ3n) is 7.56. The molecule has 2 spiro atoms. The standard InChI is InChI=1S/C17H28O2/c1-14(2)7-8-17(18-9-10-19-17)13-15(3,4)12-5-6-16(13,14)11-12/h12-13H,5-11H2,1-4H3/t12?,13?,16-/m1/s1. The van der Waals surface area contributed by atoms with Gasteiger partial charge in [-0.1, -0.05) is 27.7 Å². The lowest BCUT2D eigenvalue weighted by Gasteiger charge is -2.61. The van der Waals surface area contributed by atoms with Gasteiger partial charge in [-0.3, -0.25) is 0 Å². The molecule has 108 valence electrons. The fourth-order valence-corrected chi connectivity index (χ4v) is 6.58. The first kappa shape index (κ1) is 12.6. The van der Waals surface area contributed by atoms with Crippen molar-refractivity contribution in [1.82, 2.24) is 0 Å². The van der Waals surface area contributed by atoms with Crippen LogP contribution in [0.25, 0.3) is 0 Å². The Morgan fingerprint density at radius 2 is 1.58 bits per heavy atom. The van der Waals surface area contributed by atoms with Gasteiger partial charge in [-0.15, -0.1) is 0 Å². The van der Waals surface area contributed by atoms with Crippen molar-refractivity contribution in [2.75, 3.05) is 13.2 Å². The van der Waals surface area contributed by atoms with Gasteiger partial charge in [0.15, 0.2) is 5.79 Å². The van der Waals surface area contributed by atoms with Crippen molar-refractivity contribution >= 4 is 0 Å². The summed E-state index contributed by atoms with van der Waals surface area (Å²) in [6.07, 6.45) is 6.58. The third-order valence-corrected chi connectivity index (χ3v) is 7.56. The first-order chi connectivity index (χ1) is 8.84. The predicted molar refractivity (Wildman–Crippen MR) is 74.7 cm³/mol. The van der Waals surface area contributed by atoms with Crippen LogP contribution >= 0.6 is 0 Å². The number of fused-ring (bicyclic) bond motifs is 2. The van der Waals surface area contributed by atoms with E-state index in [-0.39, 0.29) is 5.79 Å². The van der Waals surface area contributed by atoms with Gasteiger partial charge in [-0.25, -0.2) is 0 Å². The van der Waals surface area contributed by atoms with Crippen LogP contribution in [0.4, 0.5) is 0 Å². The van der Waals surface area contributed by atoms with Crippen LogP contribution in [0.2, 0.25) is 0 Å². The van der Waals surface area contributed by atoms with E-state index in [4.69, 9.17) is 9.47 Å². The summed E-state index contributed by atoms with van der Waals surface area (Å²) in [5.74, 6) is 1.23. The van der Waals surface area contributed by atoms with E-state index in [0.29, 0.717) is 22.2 Å². The molecule has 0 aromatic carbocycles. The van der Waals surface area contributed by atoms with Crippen LogP contribution in [0, 0.1) is 28.1 Å². The van der Waals surface area contributed by atoms with Crippen molar-refractivity contribution in [3.63, 3.8) is 0 Å². The Morgan fingerprint density at radius 1 is 0.895 bits per heavy atom. The number of rotatable bonds is 0. The van der Waals surface area contributed by atoms with Gasteiger partial charge in [0.25, 0.3) is 0 Å². The molecule has 1 saturated heterocycles. The lowest BCUT2D eigenvalue weighted by atomic mass is 9.47. The average molecular weight is 264 g/mol. The summed E-state index contributed by atoms with van der Waals surface area (Å²) in [6, 6.07) is 0. The van der Waals surface area contributed by atoms with Gasteiger partial charge >= 0.3 is 0 Å². The van der Waals surface area contributed by atoms with Crippen molar-refractivity contribution in [3.8, 4) is 0 Å². The fourth-order valence-electron chi connectivity index (χ4n) is 6.58. The molecule has 3 atom stereocenters. The normalized spacial score (nSPS) is 48.6. The van der Waals surface area contributed by atoms with Crippen LogP contribution in [-0.4, -0.2) is 19.0 Å². The molecule has 19 heavy (non-hydrogen) atoms. The second-order valence-corrected chi connectivity index (χ2v) is 8.74. The summed E-state index contributed by atoms with van der Waals surface area (Å²) < 4.78 is 12.5. The molecule has 0 amide bonds. The molecule has 0 aromatic rings. The van der Waals surface area contributed by atoms with Crippen molar-refractivity contribution < 1.29 is 9.47 Å². The minimum absolute atomic E-state index is 0.242. The van der Waals surface area contributed by atoms with E-state index in [1.54, 1.807) is 0 Å². The molecule has 4 aliphatic rings. The third kappa shape index (κ3) is 1.26. The molecule has 1 heterocycles. The summed E-state index contributed by atoms with van der Waals surface area (Å²) in [5, 5.41) is 0. The largest absolute Gasteiger partial charge is 0.347 e. The van der Waals surface area contributed by atoms with Crippen LogP contribution in [0.3, 0.4) is 0 Å². The molecule has 2 unspecified atom stereocenters. The lowest BCUT2D eigenvalue weighted by molar-refractivity contribution is -0.288. The molecule has 0 N–H and O–H groups in total. The first-order valence-electron chi connectivity index (χ1n) is 8.12. The van der Waals surface area contributed by atoms with Crippen molar-refractivity contribution in [1.29, 1.82) is 0 Å². The molecule has 0 radical (unpaired) electrons. The van der Waals surface area contributed by atoms with Gasteiger partial charge < -0.3 is 9.47 Å². The Kier molecular flexibility index (Phi) is 2.25. The Balaban J connectivity index is 1.87. The summed E-state index contributed by atoms with van der Waals surface area (Å²) in [7, 11) is 0. The Labute approximate surface area is 117 Å². The number of ether oxygens (including phenoxy) is 2. The molecule has 3 aliphatic carbocycles. The van der Waals surface area contributed by atoms with E-state index < -0.39 is 0 Å². The zero-order valence-corrected chi connectivity index (χ0v) is 12.9. The molecule has 4 rings (SSSR count). The van der Waals surface area contributed by atoms with Crippen LogP contribution in [0.5, 0.6) is 0 Å². The monoisotopic (exact) mass is 264 g/mol. The average Bonchev–Trinajstić information content (AvgIpc) is 2.98. The van der Waals surface area contributed by atoms with E-state index in [1.165, 1.54) is 25.7 Å². The highest BCUT2D eigenvalue weighted by Crippen LogP contribution is 2.77. The van der Waals surface area contributed by atoms with Crippen LogP contribution in [-0.2, 0) is 9.47 Å². The molecule has 3 saturated carbocycles. The summed E-state index contributed by atoms with van der Waals surface area (Å²) in [6.45, 7) is 11.6. The first-order valence-corrected chi connectivity index (χ1v) is 8.12. The quantitative estimate of drug-likeness (QED) is 0.658. The zero-order valence-electron chi connectivity index (χ0n) is 12.9. The van der Waals surface area contributed by atoms with E-state index in [9.17, 15) is 0 Å². The molecule has 2 heteroatoms.